The number of nitrogens with zero attached hydrogens (tertiary/aromatic N) is 2. The van der Waals surface area contributed by atoms with Crippen molar-refractivity contribution in [2.24, 2.45) is 0 Å². The predicted octanol–water partition coefficient (Wildman–Crippen LogP) is 3.61. The van der Waals surface area contributed by atoms with Crippen LogP contribution in [0, 0.1) is 19.7 Å². The molecular weight excluding hydrogens is 253 g/mol. The van der Waals surface area contributed by atoms with E-state index in [1.54, 1.807) is 6.07 Å². The number of benzene rings is 1. The molecule has 2 aromatic rings. The molecule has 0 aliphatic heterocycles. The fraction of sp³-hybridized carbons (Fsp3) is 0.438. The molecule has 0 spiro atoms. The van der Waals surface area contributed by atoms with Gasteiger partial charge in [0.15, 0.2) is 0 Å². The summed E-state index contributed by atoms with van der Waals surface area (Å²) in [5.41, 5.74) is 4.51. The van der Waals surface area contributed by atoms with Gasteiger partial charge >= 0.3 is 0 Å². The molecule has 0 bridgehead atoms. The number of hydrogen-bond acceptors (Lipinski definition) is 2. The third-order valence-electron chi connectivity index (χ3n) is 3.87. The molecule has 4 heteroatoms. The summed E-state index contributed by atoms with van der Waals surface area (Å²) in [5, 5.41) is 7.66. The average molecular weight is 275 g/mol. The molecule has 108 valence electrons. The lowest BCUT2D eigenvalue weighted by Gasteiger charge is -2.13. The van der Waals surface area contributed by atoms with Crippen LogP contribution in [0.3, 0.4) is 0 Å². The molecule has 20 heavy (non-hydrogen) atoms. The Balaban J connectivity index is 2.60. The Morgan fingerprint density at radius 2 is 2.05 bits per heavy atom. The molecule has 1 N–H and O–H groups in total. The van der Waals surface area contributed by atoms with Crippen LogP contribution in [0.25, 0.3) is 11.1 Å². The largest absolute Gasteiger partial charge is 0.313 e. The van der Waals surface area contributed by atoms with Crippen molar-refractivity contribution in [2.75, 3.05) is 7.05 Å². The molecule has 0 saturated carbocycles. The van der Waals surface area contributed by atoms with Gasteiger partial charge in [0.2, 0.25) is 0 Å². The van der Waals surface area contributed by atoms with Crippen molar-refractivity contribution in [3.8, 4) is 11.1 Å². The number of halogens is 1. The van der Waals surface area contributed by atoms with Crippen molar-refractivity contribution in [3.05, 3.63) is 41.0 Å². The highest BCUT2D eigenvalue weighted by Crippen LogP contribution is 2.31. The Bertz CT molecular complexity index is 616. The van der Waals surface area contributed by atoms with E-state index >= 15 is 0 Å². The van der Waals surface area contributed by atoms with Gasteiger partial charge in [0.25, 0.3) is 0 Å². The van der Waals surface area contributed by atoms with E-state index in [-0.39, 0.29) is 11.9 Å². The molecule has 1 heterocycles. The first-order valence-electron chi connectivity index (χ1n) is 7.00. The van der Waals surface area contributed by atoms with Gasteiger partial charge in [-0.25, -0.2) is 4.39 Å². The number of rotatable bonds is 4. The summed E-state index contributed by atoms with van der Waals surface area (Å²) >= 11 is 0. The van der Waals surface area contributed by atoms with Gasteiger partial charge in [-0.1, -0.05) is 6.07 Å². The standard InChI is InChI=1S/C16H22FN3/c1-6-20-12(4)16(11(3)19-20)14-9-13(10(2)18-5)7-8-15(14)17/h7-10,18H,6H2,1-5H3. The normalized spacial score (nSPS) is 12.7. The third-order valence-corrected chi connectivity index (χ3v) is 3.87. The van der Waals surface area contributed by atoms with E-state index in [0.717, 1.165) is 29.1 Å². The Morgan fingerprint density at radius 3 is 2.60 bits per heavy atom. The molecule has 2 rings (SSSR count). The monoisotopic (exact) mass is 275 g/mol. The fourth-order valence-electron chi connectivity index (χ4n) is 2.57. The van der Waals surface area contributed by atoms with Crippen LogP contribution in [0.2, 0.25) is 0 Å². The van der Waals surface area contributed by atoms with Gasteiger partial charge in [-0.3, -0.25) is 4.68 Å². The number of aromatic nitrogens is 2. The second-order valence-corrected chi connectivity index (χ2v) is 5.11. The van der Waals surface area contributed by atoms with Crippen molar-refractivity contribution in [2.45, 2.75) is 40.3 Å². The van der Waals surface area contributed by atoms with E-state index in [1.807, 2.05) is 44.6 Å². The van der Waals surface area contributed by atoms with Crippen LogP contribution in [0.5, 0.6) is 0 Å². The Labute approximate surface area is 119 Å². The maximum Gasteiger partial charge on any atom is 0.131 e. The van der Waals surface area contributed by atoms with Gasteiger partial charge in [0.1, 0.15) is 5.82 Å². The molecule has 3 nitrogen and oxygen atoms in total. The minimum absolute atomic E-state index is 0.191. The Morgan fingerprint density at radius 1 is 1.35 bits per heavy atom. The lowest BCUT2D eigenvalue weighted by atomic mass is 9.98. The van der Waals surface area contributed by atoms with E-state index < -0.39 is 0 Å². The Hall–Kier alpha value is -1.68. The molecule has 1 unspecified atom stereocenters. The van der Waals surface area contributed by atoms with Gasteiger partial charge in [-0.05, 0) is 52.4 Å². The highest BCUT2D eigenvalue weighted by molar-refractivity contribution is 5.70. The summed E-state index contributed by atoms with van der Waals surface area (Å²) < 4.78 is 16.2. The maximum absolute atomic E-state index is 14.2. The highest BCUT2D eigenvalue weighted by atomic mass is 19.1. The van der Waals surface area contributed by atoms with E-state index in [2.05, 4.69) is 17.3 Å². The molecule has 0 saturated heterocycles. The summed E-state index contributed by atoms with van der Waals surface area (Å²) in [7, 11) is 1.90. The molecule has 1 atom stereocenters. The molecule has 1 aromatic carbocycles. The quantitative estimate of drug-likeness (QED) is 0.924. The first-order chi connectivity index (χ1) is 9.49. The van der Waals surface area contributed by atoms with Gasteiger partial charge in [-0.2, -0.15) is 5.10 Å². The second kappa shape index (κ2) is 5.75. The van der Waals surface area contributed by atoms with Crippen LogP contribution in [0.15, 0.2) is 18.2 Å². The lowest BCUT2D eigenvalue weighted by Crippen LogP contribution is -2.12. The van der Waals surface area contributed by atoms with Crippen molar-refractivity contribution < 1.29 is 4.39 Å². The van der Waals surface area contributed by atoms with Crippen molar-refractivity contribution >= 4 is 0 Å². The minimum Gasteiger partial charge on any atom is -0.313 e. The average Bonchev–Trinajstić information content (AvgIpc) is 2.73. The minimum atomic E-state index is -0.195. The van der Waals surface area contributed by atoms with E-state index in [1.165, 1.54) is 0 Å². The summed E-state index contributed by atoms with van der Waals surface area (Å²) in [6, 6.07) is 5.49. The molecule has 0 radical (unpaired) electrons. The maximum atomic E-state index is 14.2. The van der Waals surface area contributed by atoms with Crippen LogP contribution in [0.4, 0.5) is 4.39 Å². The predicted molar refractivity (Wildman–Crippen MR) is 80.2 cm³/mol. The molecule has 0 fully saturated rings. The van der Waals surface area contributed by atoms with Crippen LogP contribution < -0.4 is 5.32 Å². The van der Waals surface area contributed by atoms with Crippen LogP contribution in [-0.2, 0) is 6.54 Å². The third kappa shape index (κ3) is 2.48. The number of aryl methyl sites for hydroxylation is 2. The zero-order valence-electron chi connectivity index (χ0n) is 12.8. The van der Waals surface area contributed by atoms with Crippen LogP contribution in [0.1, 0.15) is 36.8 Å². The van der Waals surface area contributed by atoms with Crippen molar-refractivity contribution in [1.29, 1.82) is 0 Å². The smallest absolute Gasteiger partial charge is 0.131 e. The first kappa shape index (κ1) is 14.7. The van der Waals surface area contributed by atoms with Crippen molar-refractivity contribution in [3.63, 3.8) is 0 Å². The van der Waals surface area contributed by atoms with Crippen LogP contribution in [-0.4, -0.2) is 16.8 Å². The van der Waals surface area contributed by atoms with Crippen LogP contribution >= 0.6 is 0 Å². The molecule has 0 aliphatic rings. The van der Waals surface area contributed by atoms with Gasteiger partial charge in [0.05, 0.1) is 5.69 Å². The van der Waals surface area contributed by atoms with Gasteiger partial charge in [0, 0.05) is 29.4 Å². The first-order valence-corrected chi connectivity index (χ1v) is 7.00. The number of hydrogen-bond donors (Lipinski definition) is 1. The molecule has 0 amide bonds. The van der Waals surface area contributed by atoms with E-state index in [9.17, 15) is 4.39 Å². The zero-order valence-corrected chi connectivity index (χ0v) is 12.8. The van der Waals surface area contributed by atoms with Gasteiger partial charge < -0.3 is 5.32 Å². The van der Waals surface area contributed by atoms with E-state index in [0.29, 0.717) is 5.56 Å². The summed E-state index contributed by atoms with van der Waals surface area (Å²) in [4.78, 5) is 0. The van der Waals surface area contributed by atoms with Gasteiger partial charge in [-0.15, -0.1) is 0 Å². The fourth-order valence-corrected chi connectivity index (χ4v) is 2.57. The molecule has 1 aromatic heterocycles. The second-order valence-electron chi connectivity index (χ2n) is 5.11. The zero-order chi connectivity index (χ0) is 14.9. The lowest BCUT2D eigenvalue weighted by molar-refractivity contribution is 0.621. The highest BCUT2D eigenvalue weighted by Gasteiger charge is 2.17. The summed E-state index contributed by atoms with van der Waals surface area (Å²) in [6.45, 7) is 8.82. The SMILES string of the molecule is CCn1nc(C)c(-c2cc(C(C)NC)ccc2F)c1C. The molecular formula is C16H22FN3. The summed E-state index contributed by atoms with van der Waals surface area (Å²) in [6.07, 6.45) is 0. The topological polar surface area (TPSA) is 29.9 Å². The number of nitrogens with one attached hydrogen (secondary N) is 1. The Kier molecular flexibility index (Phi) is 4.23. The van der Waals surface area contributed by atoms with E-state index in [4.69, 9.17) is 0 Å². The van der Waals surface area contributed by atoms with Crippen molar-refractivity contribution in [1.82, 2.24) is 15.1 Å². The summed E-state index contributed by atoms with van der Waals surface area (Å²) in [5.74, 6) is -0.195. The molecule has 0 aliphatic carbocycles.